The lowest BCUT2D eigenvalue weighted by Crippen LogP contribution is -2.39. The zero-order valence-corrected chi connectivity index (χ0v) is 14.1. The summed E-state index contributed by atoms with van der Waals surface area (Å²) in [5.41, 5.74) is 0. The largest absolute Gasteiger partial charge is 0.453 e. The van der Waals surface area contributed by atoms with E-state index in [1.54, 1.807) is 0 Å². The monoisotopic (exact) mass is 337 g/mol. The molecule has 0 aliphatic rings. The zero-order chi connectivity index (χ0) is 16.8. The minimum Gasteiger partial charge on any atom is -0.453 e. The molecule has 0 spiro atoms. The van der Waals surface area contributed by atoms with E-state index < -0.39 is 12.1 Å². The normalized spacial score (nSPS) is 12.2. The minimum atomic E-state index is -0.825. The first-order chi connectivity index (χ1) is 11.0. The maximum atomic E-state index is 11.8. The number of nitrogens with one attached hydrogen (secondary N) is 1. The molecule has 0 unspecified atom stereocenters. The number of nitrogens with zero attached hydrogens (tertiary/aromatic N) is 2. The molecule has 2 aromatic rings. The van der Waals surface area contributed by atoms with Crippen LogP contribution in [0.25, 0.3) is 10.7 Å². The molecule has 0 aliphatic carbocycles. The highest BCUT2D eigenvalue weighted by Gasteiger charge is 2.19. The van der Waals surface area contributed by atoms with Crippen molar-refractivity contribution in [1.29, 1.82) is 0 Å². The Morgan fingerprint density at radius 3 is 2.83 bits per heavy atom. The van der Waals surface area contributed by atoms with E-state index in [1.165, 1.54) is 18.3 Å². The third-order valence-electron chi connectivity index (χ3n) is 2.86. The minimum absolute atomic E-state index is 0.00211. The smallest absolute Gasteiger partial charge is 0.307 e. The van der Waals surface area contributed by atoms with E-state index in [2.05, 4.69) is 15.5 Å². The number of carbonyl (C=O) groups excluding carboxylic acids is 2. The highest BCUT2D eigenvalue weighted by molar-refractivity contribution is 7.13. The number of aromatic nitrogens is 2. The van der Waals surface area contributed by atoms with Gasteiger partial charge in [0.2, 0.25) is 11.7 Å². The summed E-state index contributed by atoms with van der Waals surface area (Å²) in [5, 5.41) is 8.47. The van der Waals surface area contributed by atoms with E-state index in [4.69, 9.17) is 9.26 Å². The highest BCUT2D eigenvalue weighted by atomic mass is 32.1. The van der Waals surface area contributed by atoms with Crippen LogP contribution in [0.5, 0.6) is 0 Å². The lowest BCUT2D eigenvalue weighted by Gasteiger charge is -2.15. The molecule has 124 valence electrons. The van der Waals surface area contributed by atoms with Gasteiger partial charge < -0.3 is 14.6 Å². The van der Waals surface area contributed by atoms with Crippen molar-refractivity contribution in [2.75, 3.05) is 0 Å². The third-order valence-corrected chi connectivity index (χ3v) is 3.73. The van der Waals surface area contributed by atoms with Crippen LogP contribution in [-0.2, 0) is 20.7 Å². The fourth-order valence-electron chi connectivity index (χ4n) is 1.78. The van der Waals surface area contributed by atoms with Gasteiger partial charge in [0.15, 0.2) is 6.10 Å². The molecular weight excluding hydrogens is 318 g/mol. The second-order valence-corrected chi connectivity index (χ2v) is 6.23. The highest BCUT2D eigenvalue weighted by Crippen LogP contribution is 2.21. The molecule has 23 heavy (non-hydrogen) atoms. The van der Waals surface area contributed by atoms with Gasteiger partial charge in [-0.3, -0.25) is 9.59 Å². The van der Waals surface area contributed by atoms with Crippen LogP contribution in [0.4, 0.5) is 0 Å². The average Bonchev–Trinajstić information content (AvgIpc) is 3.15. The number of amides is 1. The Kier molecular flexibility index (Phi) is 5.86. The van der Waals surface area contributed by atoms with Gasteiger partial charge in [-0.2, -0.15) is 4.98 Å². The van der Waals surface area contributed by atoms with E-state index in [1.807, 2.05) is 31.4 Å². The van der Waals surface area contributed by atoms with Crippen LogP contribution >= 0.6 is 11.3 Å². The number of esters is 1. The molecule has 8 heteroatoms. The molecule has 2 aromatic heterocycles. The standard InChI is InChI=1S/C15H19N3O4S/c1-9(2)16-15(20)10(3)21-13(19)7-6-12-17-14(18-22-12)11-5-4-8-23-11/h4-5,8-10H,6-7H2,1-3H3,(H,16,20)/t10-/m1/s1. The Balaban J connectivity index is 1.79. The second kappa shape index (κ2) is 7.87. The van der Waals surface area contributed by atoms with Gasteiger partial charge in [-0.15, -0.1) is 11.3 Å². The molecule has 0 radical (unpaired) electrons. The third kappa shape index (κ3) is 5.17. The predicted molar refractivity (Wildman–Crippen MR) is 84.8 cm³/mol. The Morgan fingerprint density at radius 2 is 2.17 bits per heavy atom. The first-order valence-electron chi connectivity index (χ1n) is 7.32. The summed E-state index contributed by atoms with van der Waals surface area (Å²) in [6.07, 6.45) is -0.476. The van der Waals surface area contributed by atoms with Gasteiger partial charge in [-0.25, -0.2) is 0 Å². The molecule has 1 atom stereocenters. The Morgan fingerprint density at radius 1 is 1.39 bits per heavy atom. The van der Waals surface area contributed by atoms with Crippen molar-refractivity contribution in [3.8, 4) is 10.7 Å². The van der Waals surface area contributed by atoms with Crippen LogP contribution < -0.4 is 5.32 Å². The SMILES string of the molecule is CC(C)NC(=O)[C@@H](C)OC(=O)CCc1nc(-c2cccs2)no1. The fourth-order valence-corrected chi connectivity index (χ4v) is 2.43. The first-order valence-corrected chi connectivity index (χ1v) is 8.20. The van der Waals surface area contributed by atoms with E-state index in [0.29, 0.717) is 11.7 Å². The van der Waals surface area contributed by atoms with E-state index in [9.17, 15) is 9.59 Å². The van der Waals surface area contributed by atoms with Crippen molar-refractivity contribution in [1.82, 2.24) is 15.5 Å². The van der Waals surface area contributed by atoms with Crippen molar-refractivity contribution < 1.29 is 18.8 Å². The second-order valence-electron chi connectivity index (χ2n) is 5.28. The lowest BCUT2D eigenvalue weighted by atomic mass is 10.3. The Hall–Kier alpha value is -2.22. The maximum Gasteiger partial charge on any atom is 0.307 e. The van der Waals surface area contributed by atoms with E-state index >= 15 is 0 Å². The van der Waals surface area contributed by atoms with Crippen LogP contribution in [-0.4, -0.2) is 34.2 Å². The predicted octanol–water partition coefficient (Wildman–Crippen LogP) is 2.19. The lowest BCUT2D eigenvalue weighted by molar-refractivity contribution is -0.155. The Labute approximate surface area is 138 Å². The van der Waals surface area contributed by atoms with Crippen LogP contribution in [0.15, 0.2) is 22.0 Å². The van der Waals surface area contributed by atoms with Crippen molar-refractivity contribution in [2.45, 2.75) is 45.8 Å². The number of rotatable bonds is 7. The van der Waals surface area contributed by atoms with E-state index in [-0.39, 0.29) is 24.8 Å². The zero-order valence-electron chi connectivity index (χ0n) is 13.2. The summed E-state index contributed by atoms with van der Waals surface area (Å²) in [7, 11) is 0. The summed E-state index contributed by atoms with van der Waals surface area (Å²) in [4.78, 5) is 28.6. The van der Waals surface area contributed by atoms with Crippen molar-refractivity contribution in [3.05, 3.63) is 23.4 Å². The van der Waals surface area contributed by atoms with Crippen LogP contribution in [0.2, 0.25) is 0 Å². The molecule has 2 heterocycles. The Bertz CT molecular complexity index is 651. The molecule has 2 rings (SSSR count). The summed E-state index contributed by atoms with van der Waals surface area (Å²) in [6, 6.07) is 3.79. The maximum absolute atomic E-state index is 11.8. The van der Waals surface area contributed by atoms with Gasteiger partial charge >= 0.3 is 5.97 Å². The average molecular weight is 337 g/mol. The molecular formula is C15H19N3O4S. The molecule has 0 saturated heterocycles. The number of thiophene rings is 1. The number of ether oxygens (including phenoxy) is 1. The molecule has 1 N–H and O–H groups in total. The van der Waals surface area contributed by atoms with Gasteiger partial charge in [0.1, 0.15) is 0 Å². The van der Waals surface area contributed by atoms with Crippen LogP contribution in [0.3, 0.4) is 0 Å². The number of hydrogen-bond acceptors (Lipinski definition) is 7. The molecule has 7 nitrogen and oxygen atoms in total. The molecule has 0 aliphatic heterocycles. The summed E-state index contributed by atoms with van der Waals surface area (Å²) < 4.78 is 10.2. The van der Waals surface area contributed by atoms with Crippen molar-refractivity contribution in [2.24, 2.45) is 0 Å². The van der Waals surface area contributed by atoms with Gasteiger partial charge in [-0.1, -0.05) is 11.2 Å². The van der Waals surface area contributed by atoms with Crippen LogP contribution in [0.1, 0.15) is 33.1 Å². The molecule has 0 bridgehead atoms. The number of aryl methyl sites for hydroxylation is 1. The summed E-state index contributed by atoms with van der Waals surface area (Å²) in [5.74, 6) is 0.0797. The molecule has 0 aromatic carbocycles. The quantitative estimate of drug-likeness (QED) is 0.778. The molecule has 0 fully saturated rings. The fraction of sp³-hybridized carbons (Fsp3) is 0.467. The first kappa shape index (κ1) is 17.1. The van der Waals surface area contributed by atoms with Crippen molar-refractivity contribution in [3.63, 3.8) is 0 Å². The summed E-state index contributed by atoms with van der Waals surface area (Å²) >= 11 is 1.51. The van der Waals surface area contributed by atoms with Crippen LogP contribution in [0, 0.1) is 0 Å². The number of carbonyl (C=O) groups is 2. The molecule has 1 amide bonds. The van der Waals surface area contributed by atoms with Gasteiger partial charge in [-0.05, 0) is 32.2 Å². The van der Waals surface area contributed by atoms with Gasteiger partial charge in [0.25, 0.3) is 5.91 Å². The number of hydrogen-bond donors (Lipinski definition) is 1. The van der Waals surface area contributed by atoms with E-state index in [0.717, 1.165) is 4.88 Å². The van der Waals surface area contributed by atoms with Gasteiger partial charge in [0, 0.05) is 12.5 Å². The topological polar surface area (TPSA) is 94.3 Å². The van der Waals surface area contributed by atoms with Crippen molar-refractivity contribution >= 4 is 23.2 Å². The summed E-state index contributed by atoms with van der Waals surface area (Å²) in [6.45, 7) is 5.22. The van der Waals surface area contributed by atoms with Gasteiger partial charge in [0.05, 0.1) is 11.3 Å². The molecule has 0 saturated carbocycles.